The molecule has 0 saturated carbocycles. The number of carbonyl (C=O) groups excluding carboxylic acids is 1. The van der Waals surface area contributed by atoms with E-state index < -0.39 is 0 Å². The van der Waals surface area contributed by atoms with Gasteiger partial charge in [0.05, 0.1) is 5.54 Å². The minimum absolute atomic E-state index is 0. The lowest BCUT2D eigenvalue weighted by Gasteiger charge is -2.37. The third-order valence-corrected chi connectivity index (χ3v) is 5.45. The number of hydrogen-bond acceptors (Lipinski definition) is 3. The van der Waals surface area contributed by atoms with Crippen LogP contribution in [-0.2, 0) is 4.79 Å². The van der Waals surface area contributed by atoms with Crippen molar-refractivity contribution in [1.82, 2.24) is 15.1 Å². The fourth-order valence-corrected chi connectivity index (χ4v) is 4.10. The Morgan fingerprint density at radius 1 is 1.05 bits per heavy atom. The van der Waals surface area contributed by atoms with Gasteiger partial charge in [-0.1, -0.05) is 6.42 Å². The highest BCUT2D eigenvalue weighted by molar-refractivity contribution is 5.86. The maximum absolute atomic E-state index is 12.8. The summed E-state index contributed by atoms with van der Waals surface area (Å²) in [6, 6.07) is 0.617. The van der Waals surface area contributed by atoms with E-state index in [4.69, 9.17) is 0 Å². The van der Waals surface area contributed by atoms with E-state index in [1.165, 1.54) is 51.6 Å². The summed E-state index contributed by atoms with van der Waals surface area (Å²) in [6.07, 6.45) is 8.61. The summed E-state index contributed by atoms with van der Waals surface area (Å²) in [5.74, 6) is 0.344. The van der Waals surface area contributed by atoms with Crippen LogP contribution in [0, 0.1) is 0 Å². The molecule has 0 aromatic rings. The van der Waals surface area contributed by atoms with Crippen molar-refractivity contribution in [3.05, 3.63) is 0 Å². The lowest BCUT2D eigenvalue weighted by Crippen LogP contribution is -2.58. The van der Waals surface area contributed by atoms with Crippen LogP contribution in [0.1, 0.15) is 51.9 Å². The van der Waals surface area contributed by atoms with Gasteiger partial charge in [-0.15, -0.1) is 24.8 Å². The molecule has 130 valence electrons. The Labute approximate surface area is 147 Å². The molecule has 0 aromatic heterocycles. The van der Waals surface area contributed by atoms with Crippen LogP contribution in [0.25, 0.3) is 0 Å². The summed E-state index contributed by atoms with van der Waals surface area (Å²) in [6.45, 7) is 7.48. The van der Waals surface area contributed by atoms with Gasteiger partial charge in [0.25, 0.3) is 0 Å². The van der Waals surface area contributed by atoms with E-state index in [0.29, 0.717) is 11.9 Å². The van der Waals surface area contributed by atoms with E-state index in [0.717, 1.165) is 26.1 Å². The SMILES string of the molecule is CC1(C(=O)N2CCC(N3CCCCC3)C2)CCCCN1.Cl.Cl. The van der Waals surface area contributed by atoms with Gasteiger partial charge < -0.3 is 10.2 Å². The smallest absolute Gasteiger partial charge is 0.242 e. The Morgan fingerprint density at radius 3 is 2.41 bits per heavy atom. The number of carbonyl (C=O) groups is 1. The molecule has 6 heteroatoms. The maximum atomic E-state index is 12.8. The Bertz CT molecular complexity index is 355. The molecular formula is C16H31Cl2N3O. The number of hydrogen-bond donors (Lipinski definition) is 1. The first kappa shape index (κ1) is 20.0. The van der Waals surface area contributed by atoms with Gasteiger partial charge in [-0.3, -0.25) is 9.69 Å². The minimum atomic E-state index is -0.297. The molecule has 3 fully saturated rings. The van der Waals surface area contributed by atoms with Crippen LogP contribution in [0.5, 0.6) is 0 Å². The number of nitrogens with one attached hydrogen (secondary N) is 1. The van der Waals surface area contributed by atoms with Crippen molar-refractivity contribution < 1.29 is 4.79 Å². The predicted octanol–water partition coefficient (Wildman–Crippen LogP) is 2.45. The maximum Gasteiger partial charge on any atom is 0.242 e. The van der Waals surface area contributed by atoms with Crippen molar-refractivity contribution in [2.75, 3.05) is 32.7 Å². The Hall–Kier alpha value is -0.0300. The number of amides is 1. The summed E-state index contributed by atoms with van der Waals surface area (Å²) < 4.78 is 0. The van der Waals surface area contributed by atoms with E-state index in [9.17, 15) is 4.79 Å². The second kappa shape index (κ2) is 8.72. The topological polar surface area (TPSA) is 35.6 Å². The van der Waals surface area contributed by atoms with E-state index >= 15 is 0 Å². The first-order valence-corrected chi connectivity index (χ1v) is 8.47. The zero-order valence-electron chi connectivity index (χ0n) is 13.7. The van der Waals surface area contributed by atoms with Gasteiger partial charge in [-0.2, -0.15) is 0 Å². The lowest BCUT2D eigenvalue weighted by atomic mass is 9.89. The first-order chi connectivity index (χ1) is 9.69. The molecule has 1 amide bonds. The summed E-state index contributed by atoms with van der Waals surface area (Å²) in [4.78, 5) is 17.5. The van der Waals surface area contributed by atoms with Crippen molar-refractivity contribution >= 4 is 30.7 Å². The number of nitrogens with zero attached hydrogens (tertiary/aromatic N) is 2. The molecule has 4 nitrogen and oxygen atoms in total. The molecule has 1 N–H and O–H groups in total. The van der Waals surface area contributed by atoms with Crippen LogP contribution in [0.3, 0.4) is 0 Å². The third-order valence-electron chi connectivity index (χ3n) is 5.45. The quantitative estimate of drug-likeness (QED) is 0.829. The normalized spacial score (nSPS) is 33.0. The Morgan fingerprint density at radius 2 is 1.77 bits per heavy atom. The second-order valence-electron chi connectivity index (χ2n) is 7.01. The molecule has 3 heterocycles. The van der Waals surface area contributed by atoms with Crippen LogP contribution in [-0.4, -0.2) is 60.0 Å². The third kappa shape index (κ3) is 4.28. The van der Waals surface area contributed by atoms with Gasteiger partial charge in [0.1, 0.15) is 0 Å². The van der Waals surface area contributed by atoms with Crippen LogP contribution in [0.2, 0.25) is 0 Å². The fourth-order valence-electron chi connectivity index (χ4n) is 4.10. The van der Waals surface area contributed by atoms with Crippen LogP contribution >= 0.6 is 24.8 Å². The summed E-state index contributed by atoms with van der Waals surface area (Å²) in [5.41, 5.74) is -0.297. The van der Waals surface area contributed by atoms with Crippen LogP contribution < -0.4 is 5.32 Å². The molecule has 3 saturated heterocycles. The molecule has 0 spiro atoms. The van der Waals surface area contributed by atoms with Crippen molar-refractivity contribution in [3.8, 4) is 0 Å². The highest BCUT2D eigenvalue weighted by Gasteiger charge is 2.40. The molecule has 2 unspecified atom stereocenters. The van der Waals surface area contributed by atoms with Gasteiger partial charge in [-0.25, -0.2) is 0 Å². The zero-order valence-corrected chi connectivity index (χ0v) is 15.3. The molecule has 22 heavy (non-hydrogen) atoms. The largest absolute Gasteiger partial charge is 0.339 e. The van der Waals surface area contributed by atoms with E-state index in [-0.39, 0.29) is 30.4 Å². The van der Waals surface area contributed by atoms with E-state index in [1.54, 1.807) is 0 Å². The highest BCUT2D eigenvalue weighted by Crippen LogP contribution is 2.26. The van der Waals surface area contributed by atoms with Crippen molar-refractivity contribution in [3.63, 3.8) is 0 Å². The molecule has 0 bridgehead atoms. The molecule has 2 atom stereocenters. The van der Waals surface area contributed by atoms with Crippen LogP contribution in [0.4, 0.5) is 0 Å². The average molecular weight is 352 g/mol. The van der Waals surface area contributed by atoms with Gasteiger partial charge >= 0.3 is 0 Å². The number of halogens is 2. The predicted molar refractivity (Wildman–Crippen MR) is 95.2 cm³/mol. The van der Waals surface area contributed by atoms with Gasteiger partial charge in [0, 0.05) is 19.1 Å². The number of rotatable bonds is 2. The number of piperidine rings is 2. The summed E-state index contributed by atoms with van der Waals surface area (Å²) in [5, 5.41) is 3.46. The monoisotopic (exact) mass is 351 g/mol. The molecule has 3 aliphatic heterocycles. The van der Waals surface area contributed by atoms with Crippen molar-refractivity contribution in [2.45, 2.75) is 63.5 Å². The van der Waals surface area contributed by atoms with E-state index in [1.807, 2.05) is 0 Å². The molecule has 0 aliphatic carbocycles. The summed E-state index contributed by atoms with van der Waals surface area (Å²) in [7, 11) is 0. The zero-order chi connectivity index (χ0) is 14.0. The Kier molecular flexibility index (Phi) is 7.93. The standard InChI is InChI=1S/C16H29N3O.2ClH/c1-16(8-3-4-9-17-16)15(20)19-12-7-14(13-19)18-10-5-2-6-11-18;;/h14,17H,2-13H2,1H3;2*1H. The molecule has 0 aromatic carbocycles. The van der Waals surface area contributed by atoms with Crippen LogP contribution in [0.15, 0.2) is 0 Å². The summed E-state index contributed by atoms with van der Waals surface area (Å²) >= 11 is 0. The molecule has 3 aliphatic rings. The number of likely N-dealkylation sites (tertiary alicyclic amines) is 2. The first-order valence-electron chi connectivity index (χ1n) is 8.47. The fraction of sp³-hybridized carbons (Fsp3) is 0.938. The molecule has 3 rings (SSSR count). The average Bonchev–Trinajstić information content (AvgIpc) is 2.98. The van der Waals surface area contributed by atoms with Crippen molar-refractivity contribution in [2.24, 2.45) is 0 Å². The van der Waals surface area contributed by atoms with Gasteiger partial charge in [0.2, 0.25) is 5.91 Å². The van der Waals surface area contributed by atoms with Gasteiger partial charge in [-0.05, 0) is 65.1 Å². The minimum Gasteiger partial charge on any atom is -0.339 e. The van der Waals surface area contributed by atoms with E-state index in [2.05, 4.69) is 22.0 Å². The van der Waals surface area contributed by atoms with Crippen molar-refractivity contribution in [1.29, 1.82) is 0 Å². The second-order valence-corrected chi connectivity index (χ2v) is 7.01. The molecular weight excluding hydrogens is 321 g/mol. The lowest BCUT2D eigenvalue weighted by molar-refractivity contribution is -0.137. The Balaban J connectivity index is 0.00000121. The highest BCUT2D eigenvalue weighted by atomic mass is 35.5. The molecule has 0 radical (unpaired) electrons. The van der Waals surface area contributed by atoms with Gasteiger partial charge in [0.15, 0.2) is 0 Å².